The van der Waals surface area contributed by atoms with Crippen LogP contribution in [0.1, 0.15) is 38.2 Å². The third-order valence-corrected chi connectivity index (χ3v) is 4.53. The predicted molar refractivity (Wildman–Crippen MR) is 81.5 cm³/mol. The van der Waals surface area contributed by atoms with Gasteiger partial charge in [-0.05, 0) is 37.0 Å². The van der Waals surface area contributed by atoms with Gasteiger partial charge in [0.05, 0.1) is 26.8 Å². The minimum absolute atomic E-state index is 0.807. The molecular weight excluding hydrogens is 250 g/mol. The molecule has 0 aromatic heterocycles. The van der Waals surface area contributed by atoms with Crippen LogP contribution in [0.15, 0.2) is 18.2 Å². The maximum absolute atomic E-state index is 5.36. The Morgan fingerprint density at radius 3 is 2.55 bits per heavy atom. The summed E-state index contributed by atoms with van der Waals surface area (Å²) in [5, 5.41) is 2.54. The van der Waals surface area contributed by atoms with Gasteiger partial charge in [0.1, 0.15) is 0 Å². The van der Waals surface area contributed by atoms with Crippen LogP contribution in [0.25, 0.3) is 0 Å². The summed E-state index contributed by atoms with van der Waals surface area (Å²) in [7, 11) is 3.37. The van der Waals surface area contributed by atoms with Crippen molar-refractivity contribution in [1.29, 1.82) is 0 Å². The lowest BCUT2D eigenvalue weighted by Crippen LogP contribution is -2.92. The van der Waals surface area contributed by atoms with E-state index < -0.39 is 0 Å². The maximum Gasteiger partial charge on any atom is 0.160 e. The van der Waals surface area contributed by atoms with E-state index in [1.165, 1.54) is 31.2 Å². The standard InChI is InChI=1S/C17H27NO2/c1-13-6-4-5-7-15(13)18-11-10-14-8-9-16(19-2)17(12-14)20-3/h8-9,12-13,15,18H,4-7,10-11H2,1-3H3/p+1/t13-,15-/m1/s1. The molecule has 2 rings (SSSR count). The Bertz CT molecular complexity index is 419. The summed E-state index contributed by atoms with van der Waals surface area (Å²) in [4.78, 5) is 0. The average Bonchev–Trinajstić information content (AvgIpc) is 2.49. The van der Waals surface area contributed by atoms with Crippen LogP contribution in [0.5, 0.6) is 11.5 Å². The number of ether oxygens (including phenoxy) is 2. The Balaban J connectivity index is 1.84. The van der Waals surface area contributed by atoms with Crippen LogP contribution < -0.4 is 14.8 Å². The molecule has 1 aliphatic carbocycles. The van der Waals surface area contributed by atoms with Crippen LogP contribution in [0.2, 0.25) is 0 Å². The van der Waals surface area contributed by atoms with Gasteiger partial charge in [0.2, 0.25) is 0 Å². The minimum Gasteiger partial charge on any atom is -0.493 e. The van der Waals surface area contributed by atoms with E-state index in [9.17, 15) is 0 Å². The predicted octanol–water partition coefficient (Wildman–Crippen LogP) is 2.39. The molecule has 0 bridgehead atoms. The van der Waals surface area contributed by atoms with Gasteiger partial charge < -0.3 is 14.8 Å². The van der Waals surface area contributed by atoms with Crippen molar-refractivity contribution in [3.05, 3.63) is 23.8 Å². The number of benzene rings is 1. The first-order chi connectivity index (χ1) is 9.74. The Kier molecular flexibility index (Phi) is 5.72. The minimum atomic E-state index is 0.807. The summed E-state index contributed by atoms with van der Waals surface area (Å²) in [6.45, 7) is 3.56. The highest BCUT2D eigenvalue weighted by Crippen LogP contribution is 2.27. The van der Waals surface area contributed by atoms with E-state index >= 15 is 0 Å². The van der Waals surface area contributed by atoms with E-state index in [2.05, 4.69) is 24.4 Å². The molecule has 1 aromatic rings. The molecular formula is C17H28NO2+. The summed E-state index contributed by atoms with van der Waals surface area (Å²) in [6, 6.07) is 7.05. The lowest BCUT2D eigenvalue weighted by molar-refractivity contribution is -0.697. The SMILES string of the molecule is COc1ccc(CC[NH2+][C@@H]2CCCC[C@H]2C)cc1OC. The smallest absolute Gasteiger partial charge is 0.160 e. The number of hydrogen-bond donors (Lipinski definition) is 1. The van der Waals surface area contributed by atoms with Gasteiger partial charge in [0.15, 0.2) is 11.5 Å². The monoisotopic (exact) mass is 278 g/mol. The maximum atomic E-state index is 5.36. The van der Waals surface area contributed by atoms with Crippen molar-refractivity contribution in [2.75, 3.05) is 20.8 Å². The van der Waals surface area contributed by atoms with Gasteiger partial charge in [0, 0.05) is 12.3 Å². The number of methoxy groups -OCH3 is 2. The Morgan fingerprint density at radius 2 is 1.85 bits per heavy atom. The van der Waals surface area contributed by atoms with Crippen LogP contribution in [-0.2, 0) is 6.42 Å². The van der Waals surface area contributed by atoms with Crippen molar-refractivity contribution in [2.45, 2.75) is 45.1 Å². The molecule has 0 unspecified atom stereocenters. The van der Waals surface area contributed by atoms with Crippen molar-refractivity contribution >= 4 is 0 Å². The van der Waals surface area contributed by atoms with Crippen molar-refractivity contribution in [3.8, 4) is 11.5 Å². The van der Waals surface area contributed by atoms with Gasteiger partial charge in [-0.3, -0.25) is 0 Å². The van der Waals surface area contributed by atoms with Gasteiger partial charge in [0.25, 0.3) is 0 Å². The molecule has 3 heteroatoms. The average molecular weight is 278 g/mol. The third kappa shape index (κ3) is 3.89. The van der Waals surface area contributed by atoms with Gasteiger partial charge in [-0.25, -0.2) is 0 Å². The first-order valence-electron chi connectivity index (χ1n) is 7.79. The van der Waals surface area contributed by atoms with E-state index in [1.54, 1.807) is 14.2 Å². The molecule has 20 heavy (non-hydrogen) atoms. The van der Waals surface area contributed by atoms with E-state index in [4.69, 9.17) is 9.47 Å². The first kappa shape index (κ1) is 15.2. The fourth-order valence-electron chi connectivity index (χ4n) is 3.20. The second-order valence-corrected chi connectivity index (χ2v) is 5.89. The largest absolute Gasteiger partial charge is 0.493 e. The molecule has 3 nitrogen and oxygen atoms in total. The first-order valence-corrected chi connectivity index (χ1v) is 7.79. The highest BCUT2D eigenvalue weighted by atomic mass is 16.5. The van der Waals surface area contributed by atoms with Crippen LogP contribution in [-0.4, -0.2) is 26.8 Å². The molecule has 1 fully saturated rings. The fraction of sp³-hybridized carbons (Fsp3) is 0.647. The van der Waals surface area contributed by atoms with Crippen molar-refractivity contribution in [3.63, 3.8) is 0 Å². The third-order valence-electron chi connectivity index (χ3n) is 4.53. The van der Waals surface area contributed by atoms with E-state index in [1.807, 2.05) is 6.07 Å². The van der Waals surface area contributed by atoms with Gasteiger partial charge in [-0.1, -0.05) is 19.4 Å². The summed E-state index contributed by atoms with van der Waals surface area (Å²) in [5.41, 5.74) is 1.32. The molecule has 0 saturated heterocycles. The number of nitrogens with two attached hydrogens (primary N) is 1. The Morgan fingerprint density at radius 1 is 1.10 bits per heavy atom. The quantitative estimate of drug-likeness (QED) is 0.867. The summed E-state index contributed by atoms with van der Waals surface area (Å²) < 4.78 is 10.6. The lowest BCUT2D eigenvalue weighted by Gasteiger charge is -2.26. The molecule has 112 valence electrons. The second-order valence-electron chi connectivity index (χ2n) is 5.89. The molecule has 0 amide bonds. The van der Waals surface area contributed by atoms with E-state index in [0.717, 1.165) is 36.4 Å². The topological polar surface area (TPSA) is 35.1 Å². The molecule has 1 saturated carbocycles. The fourth-order valence-corrected chi connectivity index (χ4v) is 3.20. The second kappa shape index (κ2) is 7.53. The number of quaternary nitrogens is 1. The zero-order valence-electron chi connectivity index (χ0n) is 13.0. The van der Waals surface area contributed by atoms with E-state index in [-0.39, 0.29) is 0 Å². The number of hydrogen-bond acceptors (Lipinski definition) is 2. The van der Waals surface area contributed by atoms with Crippen LogP contribution >= 0.6 is 0 Å². The zero-order chi connectivity index (χ0) is 14.4. The number of rotatable bonds is 6. The van der Waals surface area contributed by atoms with Gasteiger partial charge in [-0.2, -0.15) is 0 Å². The van der Waals surface area contributed by atoms with Gasteiger partial charge >= 0.3 is 0 Å². The van der Waals surface area contributed by atoms with E-state index in [0.29, 0.717) is 0 Å². The summed E-state index contributed by atoms with van der Waals surface area (Å²) in [6.07, 6.45) is 6.69. The lowest BCUT2D eigenvalue weighted by atomic mass is 9.86. The molecule has 2 N–H and O–H groups in total. The molecule has 1 aliphatic rings. The van der Waals surface area contributed by atoms with Crippen molar-refractivity contribution < 1.29 is 14.8 Å². The van der Waals surface area contributed by atoms with Crippen LogP contribution in [0.3, 0.4) is 0 Å². The molecule has 1 aromatic carbocycles. The molecule has 0 radical (unpaired) electrons. The zero-order valence-corrected chi connectivity index (χ0v) is 13.0. The summed E-state index contributed by atoms with van der Waals surface area (Å²) in [5.74, 6) is 2.51. The molecule has 0 aliphatic heterocycles. The highest BCUT2D eigenvalue weighted by molar-refractivity contribution is 5.42. The Hall–Kier alpha value is -1.22. The van der Waals surface area contributed by atoms with Crippen molar-refractivity contribution in [2.24, 2.45) is 5.92 Å². The van der Waals surface area contributed by atoms with Crippen LogP contribution in [0, 0.1) is 5.92 Å². The normalized spacial score (nSPS) is 22.6. The summed E-state index contributed by atoms with van der Waals surface area (Å²) >= 11 is 0. The van der Waals surface area contributed by atoms with Crippen LogP contribution in [0.4, 0.5) is 0 Å². The van der Waals surface area contributed by atoms with Crippen molar-refractivity contribution in [1.82, 2.24) is 0 Å². The molecule has 2 atom stereocenters. The molecule has 0 spiro atoms. The van der Waals surface area contributed by atoms with Gasteiger partial charge in [-0.15, -0.1) is 0 Å². The highest BCUT2D eigenvalue weighted by Gasteiger charge is 2.23. The molecule has 0 heterocycles. The Labute approximate surface area is 122 Å².